The Balaban J connectivity index is 2.46. The van der Waals surface area contributed by atoms with Crippen LogP contribution in [-0.2, 0) is 0 Å². The summed E-state index contributed by atoms with van der Waals surface area (Å²) in [5.74, 6) is -2.74. The molecule has 0 radical (unpaired) electrons. The van der Waals surface area contributed by atoms with Crippen LogP contribution in [0.15, 0.2) is 30.3 Å². The molecule has 0 saturated carbocycles. The molecule has 0 spiro atoms. The van der Waals surface area contributed by atoms with E-state index in [1.54, 1.807) is 13.0 Å². The van der Waals surface area contributed by atoms with Gasteiger partial charge < -0.3 is 11.1 Å². The fourth-order valence-corrected chi connectivity index (χ4v) is 1.56. The summed E-state index contributed by atoms with van der Waals surface area (Å²) in [6.07, 6.45) is 0. The molecule has 2 nitrogen and oxygen atoms in total. The zero-order valence-corrected chi connectivity index (χ0v) is 9.60. The van der Waals surface area contributed by atoms with E-state index in [1.807, 2.05) is 0 Å². The third kappa shape index (κ3) is 2.25. The topological polar surface area (TPSA) is 38.0 Å². The first-order valence-corrected chi connectivity index (χ1v) is 5.25. The van der Waals surface area contributed by atoms with Crippen molar-refractivity contribution in [3.63, 3.8) is 0 Å². The molecule has 0 bridgehead atoms. The van der Waals surface area contributed by atoms with Crippen LogP contribution in [0.2, 0.25) is 0 Å². The molecule has 0 aromatic heterocycles. The quantitative estimate of drug-likeness (QED) is 0.799. The smallest absolute Gasteiger partial charge is 0.184 e. The number of nitrogens with one attached hydrogen (secondary N) is 1. The molecule has 0 fully saturated rings. The highest BCUT2D eigenvalue weighted by molar-refractivity contribution is 5.73. The van der Waals surface area contributed by atoms with Crippen LogP contribution in [0.3, 0.4) is 0 Å². The Labute approximate surface area is 102 Å². The molecular weight excluding hydrogens is 241 g/mol. The number of nitrogen functional groups attached to an aromatic ring is 1. The highest BCUT2D eigenvalue weighted by Gasteiger charge is 2.13. The van der Waals surface area contributed by atoms with Crippen molar-refractivity contribution in [1.29, 1.82) is 0 Å². The third-order valence-electron chi connectivity index (χ3n) is 2.51. The number of hydrogen-bond acceptors (Lipinski definition) is 2. The van der Waals surface area contributed by atoms with Gasteiger partial charge in [-0.05, 0) is 36.8 Å². The third-order valence-corrected chi connectivity index (χ3v) is 2.51. The molecule has 0 amide bonds. The molecule has 18 heavy (non-hydrogen) atoms. The molecule has 0 heterocycles. The maximum Gasteiger partial charge on any atom is 0.184 e. The molecule has 0 saturated heterocycles. The molecule has 94 valence electrons. The van der Waals surface area contributed by atoms with Gasteiger partial charge >= 0.3 is 0 Å². The summed E-state index contributed by atoms with van der Waals surface area (Å²) in [5.41, 5.74) is 6.11. The summed E-state index contributed by atoms with van der Waals surface area (Å²) in [6.45, 7) is 1.76. The second-order valence-corrected chi connectivity index (χ2v) is 3.93. The highest BCUT2D eigenvalue weighted by Crippen LogP contribution is 2.29. The molecule has 0 aliphatic rings. The lowest BCUT2D eigenvalue weighted by molar-refractivity contribution is 0.512. The van der Waals surface area contributed by atoms with E-state index in [2.05, 4.69) is 5.32 Å². The number of anilines is 3. The minimum Gasteiger partial charge on any atom is -0.397 e. The maximum atomic E-state index is 13.5. The lowest BCUT2D eigenvalue weighted by Crippen LogP contribution is -2.03. The van der Waals surface area contributed by atoms with E-state index in [-0.39, 0.29) is 17.1 Å². The molecule has 2 aromatic rings. The number of halogens is 3. The molecule has 0 unspecified atom stereocenters. The summed E-state index contributed by atoms with van der Waals surface area (Å²) in [7, 11) is 0. The number of hydrogen-bond donors (Lipinski definition) is 2. The van der Waals surface area contributed by atoms with Gasteiger partial charge in [0.25, 0.3) is 0 Å². The molecule has 0 atom stereocenters. The number of benzene rings is 2. The maximum absolute atomic E-state index is 13.5. The van der Waals surface area contributed by atoms with E-state index in [4.69, 9.17) is 5.73 Å². The average molecular weight is 252 g/mol. The SMILES string of the molecule is Cc1ccc(F)c(Nc2c(N)ccc(F)c2F)c1. The van der Waals surface area contributed by atoms with Gasteiger partial charge in [-0.15, -0.1) is 0 Å². The van der Waals surface area contributed by atoms with E-state index in [0.29, 0.717) is 0 Å². The van der Waals surface area contributed by atoms with Crippen LogP contribution < -0.4 is 11.1 Å². The number of aryl methyl sites for hydroxylation is 1. The predicted octanol–water partition coefficient (Wildman–Crippen LogP) is 3.74. The zero-order valence-electron chi connectivity index (χ0n) is 9.60. The Hall–Kier alpha value is -2.17. The van der Waals surface area contributed by atoms with Crippen molar-refractivity contribution < 1.29 is 13.2 Å². The second kappa shape index (κ2) is 4.60. The van der Waals surface area contributed by atoms with Crippen molar-refractivity contribution in [2.24, 2.45) is 0 Å². The van der Waals surface area contributed by atoms with Crippen molar-refractivity contribution >= 4 is 17.1 Å². The van der Waals surface area contributed by atoms with Crippen LogP contribution in [0.4, 0.5) is 30.2 Å². The standard InChI is InChI=1S/C13H11F3N2/c1-7-2-3-8(14)11(6-7)18-13-10(17)5-4-9(15)12(13)16/h2-6,18H,17H2,1H3. The Morgan fingerprint density at radius 1 is 1.00 bits per heavy atom. The first-order valence-electron chi connectivity index (χ1n) is 5.25. The van der Waals surface area contributed by atoms with E-state index >= 15 is 0 Å². The van der Waals surface area contributed by atoms with Gasteiger partial charge in [-0.25, -0.2) is 13.2 Å². The van der Waals surface area contributed by atoms with E-state index in [1.165, 1.54) is 18.2 Å². The molecular formula is C13H11F3N2. The normalized spacial score (nSPS) is 10.4. The molecule has 0 aliphatic heterocycles. The van der Waals surface area contributed by atoms with Gasteiger partial charge in [-0.2, -0.15) is 0 Å². The van der Waals surface area contributed by atoms with Gasteiger partial charge in [0, 0.05) is 0 Å². The lowest BCUT2D eigenvalue weighted by Gasteiger charge is -2.12. The zero-order chi connectivity index (χ0) is 13.3. The van der Waals surface area contributed by atoms with E-state index < -0.39 is 17.5 Å². The van der Waals surface area contributed by atoms with Crippen molar-refractivity contribution in [2.45, 2.75) is 6.92 Å². The molecule has 5 heteroatoms. The monoisotopic (exact) mass is 252 g/mol. The Kier molecular flexibility index (Phi) is 3.14. The summed E-state index contributed by atoms with van der Waals surface area (Å²) in [6, 6.07) is 6.44. The summed E-state index contributed by atoms with van der Waals surface area (Å²) >= 11 is 0. The Morgan fingerprint density at radius 3 is 2.39 bits per heavy atom. The largest absolute Gasteiger partial charge is 0.397 e. The number of rotatable bonds is 2. The Bertz CT molecular complexity index is 597. The molecule has 0 aliphatic carbocycles. The van der Waals surface area contributed by atoms with E-state index in [9.17, 15) is 13.2 Å². The molecule has 2 aromatic carbocycles. The van der Waals surface area contributed by atoms with Gasteiger partial charge in [0.05, 0.1) is 11.4 Å². The van der Waals surface area contributed by atoms with Crippen LogP contribution in [0.25, 0.3) is 0 Å². The average Bonchev–Trinajstić information content (AvgIpc) is 2.34. The number of nitrogens with two attached hydrogens (primary N) is 1. The summed E-state index contributed by atoms with van der Waals surface area (Å²) in [5, 5.41) is 2.48. The molecule has 3 N–H and O–H groups in total. The summed E-state index contributed by atoms with van der Waals surface area (Å²) in [4.78, 5) is 0. The van der Waals surface area contributed by atoms with Crippen molar-refractivity contribution in [2.75, 3.05) is 11.1 Å². The molecule has 2 rings (SSSR count). The van der Waals surface area contributed by atoms with Crippen LogP contribution in [-0.4, -0.2) is 0 Å². The summed E-state index contributed by atoms with van der Waals surface area (Å²) < 4.78 is 40.1. The van der Waals surface area contributed by atoms with Gasteiger partial charge in [0.2, 0.25) is 0 Å². The first-order chi connectivity index (χ1) is 8.49. The van der Waals surface area contributed by atoms with Crippen molar-refractivity contribution in [3.05, 3.63) is 53.3 Å². The highest BCUT2D eigenvalue weighted by atomic mass is 19.2. The fourth-order valence-electron chi connectivity index (χ4n) is 1.56. The fraction of sp³-hybridized carbons (Fsp3) is 0.0769. The van der Waals surface area contributed by atoms with Crippen LogP contribution in [0, 0.1) is 24.4 Å². The van der Waals surface area contributed by atoms with Crippen molar-refractivity contribution in [1.82, 2.24) is 0 Å². The van der Waals surface area contributed by atoms with Gasteiger partial charge in [-0.1, -0.05) is 6.07 Å². The van der Waals surface area contributed by atoms with Crippen LogP contribution in [0.5, 0.6) is 0 Å². The predicted molar refractivity (Wildman–Crippen MR) is 65.2 cm³/mol. The van der Waals surface area contributed by atoms with E-state index in [0.717, 1.165) is 11.6 Å². The van der Waals surface area contributed by atoms with Crippen LogP contribution in [0.1, 0.15) is 5.56 Å². The second-order valence-electron chi connectivity index (χ2n) is 3.93. The van der Waals surface area contributed by atoms with Gasteiger partial charge in [-0.3, -0.25) is 0 Å². The lowest BCUT2D eigenvalue weighted by atomic mass is 10.2. The van der Waals surface area contributed by atoms with Gasteiger partial charge in [0.15, 0.2) is 11.6 Å². The minimum atomic E-state index is -1.13. The Morgan fingerprint density at radius 2 is 1.67 bits per heavy atom. The van der Waals surface area contributed by atoms with Gasteiger partial charge in [0.1, 0.15) is 11.5 Å². The first kappa shape index (κ1) is 12.3. The van der Waals surface area contributed by atoms with Crippen LogP contribution >= 0.6 is 0 Å². The van der Waals surface area contributed by atoms with Crippen molar-refractivity contribution in [3.8, 4) is 0 Å². The minimum absolute atomic E-state index is 0.00908.